The van der Waals surface area contributed by atoms with E-state index in [1.807, 2.05) is 18.2 Å². The molecule has 0 bridgehead atoms. The molecular weight excluding hydrogens is 152 g/mol. The number of amidine groups is 1. The van der Waals surface area contributed by atoms with Gasteiger partial charge in [0.1, 0.15) is 0 Å². The van der Waals surface area contributed by atoms with Gasteiger partial charge in [-0.05, 0) is 18.2 Å². The van der Waals surface area contributed by atoms with Crippen molar-refractivity contribution in [1.29, 1.82) is 0 Å². The van der Waals surface area contributed by atoms with E-state index in [1.165, 1.54) is 6.08 Å². The summed E-state index contributed by atoms with van der Waals surface area (Å²) in [5, 5.41) is 3.59. The Hall–Kier alpha value is -1.77. The molecule has 3 heteroatoms. The molecule has 0 radical (unpaired) electrons. The number of nitrogens with two attached hydrogens (primary N) is 1. The smallest absolute Gasteiger partial charge is 0.162 e. The Morgan fingerprint density at radius 1 is 1.42 bits per heavy atom. The third-order valence-corrected chi connectivity index (χ3v) is 1.21. The fourth-order valence-corrected chi connectivity index (χ4v) is 0.624. The molecule has 0 unspecified atom stereocenters. The number of benzene rings is 1. The molecule has 0 aromatic heterocycles. The van der Waals surface area contributed by atoms with Crippen LogP contribution in [0.25, 0.3) is 0 Å². The fourth-order valence-electron chi connectivity index (χ4n) is 0.624. The molecule has 0 heterocycles. The molecule has 0 amide bonds. The van der Waals surface area contributed by atoms with Gasteiger partial charge in [0.2, 0.25) is 0 Å². The molecule has 0 saturated heterocycles. The largest absolute Gasteiger partial charge is 0.381 e. The standard InChI is InChI=1S/C9H10N2O/c1-2-9(10)11-12-8-6-4-3-5-7-8/h2-7H,1H2,(H2,10,11). The zero-order valence-electron chi connectivity index (χ0n) is 6.60. The van der Waals surface area contributed by atoms with Crippen LogP contribution in [0.1, 0.15) is 0 Å². The van der Waals surface area contributed by atoms with Crippen molar-refractivity contribution in [1.82, 2.24) is 0 Å². The summed E-state index contributed by atoms with van der Waals surface area (Å²) in [5.41, 5.74) is 5.33. The number of hydrogen-bond donors (Lipinski definition) is 1. The topological polar surface area (TPSA) is 47.6 Å². The number of rotatable bonds is 3. The van der Waals surface area contributed by atoms with Gasteiger partial charge in [0.15, 0.2) is 11.6 Å². The zero-order chi connectivity index (χ0) is 8.81. The molecule has 0 aliphatic carbocycles. The van der Waals surface area contributed by atoms with Gasteiger partial charge in [-0.1, -0.05) is 29.9 Å². The first-order valence-corrected chi connectivity index (χ1v) is 3.51. The molecule has 1 aromatic rings. The summed E-state index contributed by atoms with van der Waals surface area (Å²) in [6, 6.07) is 9.19. The third-order valence-electron chi connectivity index (χ3n) is 1.21. The first-order valence-electron chi connectivity index (χ1n) is 3.51. The summed E-state index contributed by atoms with van der Waals surface area (Å²) in [4.78, 5) is 4.95. The van der Waals surface area contributed by atoms with Gasteiger partial charge in [-0.15, -0.1) is 0 Å². The van der Waals surface area contributed by atoms with Crippen LogP contribution in [0.4, 0.5) is 0 Å². The molecular formula is C9H10N2O. The highest BCUT2D eigenvalue weighted by atomic mass is 16.6. The van der Waals surface area contributed by atoms with Crippen molar-refractivity contribution in [2.75, 3.05) is 0 Å². The Kier molecular flexibility index (Phi) is 2.90. The van der Waals surface area contributed by atoms with E-state index in [0.29, 0.717) is 5.75 Å². The van der Waals surface area contributed by atoms with E-state index in [4.69, 9.17) is 10.6 Å². The van der Waals surface area contributed by atoms with Gasteiger partial charge in [-0.3, -0.25) is 0 Å². The molecule has 1 rings (SSSR count). The minimum absolute atomic E-state index is 0.263. The van der Waals surface area contributed by atoms with E-state index in [-0.39, 0.29) is 5.84 Å². The molecule has 2 N–H and O–H groups in total. The molecule has 0 aliphatic heterocycles. The van der Waals surface area contributed by atoms with Crippen LogP contribution < -0.4 is 10.6 Å². The van der Waals surface area contributed by atoms with Crippen LogP contribution in [0.3, 0.4) is 0 Å². The SMILES string of the molecule is C=C/C(N)=N/Oc1ccccc1. The van der Waals surface area contributed by atoms with Crippen LogP contribution >= 0.6 is 0 Å². The lowest BCUT2D eigenvalue weighted by Gasteiger charge is -1.96. The highest BCUT2D eigenvalue weighted by molar-refractivity contribution is 5.90. The lowest BCUT2D eigenvalue weighted by atomic mass is 10.3. The highest BCUT2D eigenvalue weighted by Gasteiger charge is 1.88. The van der Waals surface area contributed by atoms with Crippen molar-refractivity contribution in [3.63, 3.8) is 0 Å². The predicted octanol–water partition coefficient (Wildman–Crippen LogP) is 1.52. The second-order valence-corrected chi connectivity index (χ2v) is 2.12. The van der Waals surface area contributed by atoms with Gasteiger partial charge in [-0.2, -0.15) is 0 Å². The summed E-state index contributed by atoms with van der Waals surface area (Å²) >= 11 is 0. The molecule has 62 valence electrons. The predicted molar refractivity (Wildman–Crippen MR) is 48.9 cm³/mol. The lowest BCUT2D eigenvalue weighted by Crippen LogP contribution is -2.08. The van der Waals surface area contributed by atoms with E-state index >= 15 is 0 Å². The monoisotopic (exact) mass is 162 g/mol. The molecule has 1 aromatic carbocycles. The number of hydrogen-bond acceptors (Lipinski definition) is 2. The summed E-state index contributed by atoms with van der Waals surface area (Å²) < 4.78 is 0. The van der Waals surface area contributed by atoms with Crippen molar-refractivity contribution in [2.45, 2.75) is 0 Å². The van der Waals surface area contributed by atoms with Gasteiger partial charge >= 0.3 is 0 Å². The van der Waals surface area contributed by atoms with Crippen LogP contribution in [0.15, 0.2) is 48.1 Å². The first-order chi connectivity index (χ1) is 5.83. The van der Waals surface area contributed by atoms with Crippen molar-refractivity contribution >= 4 is 5.84 Å². The van der Waals surface area contributed by atoms with Gasteiger partial charge in [-0.25, -0.2) is 0 Å². The van der Waals surface area contributed by atoms with Gasteiger partial charge in [0, 0.05) is 0 Å². The fraction of sp³-hybridized carbons (Fsp3) is 0. The number of para-hydroxylation sites is 1. The van der Waals surface area contributed by atoms with Gasteiger partial charge < -0.3 is 10.6 Å². The Balaban J connectivity index is 2.60. The third kappa shape index (κ3) is 2.46. The van der Waals surface area contributed by atoms with Crippen molar-refractivity contribution in [2.24, 2.45) is 10.9 Å². The minimum Gasteiger partial charge on any atom is -0.381 e. The van der Waals surface area contributed by atoms with Crippen LogP contribution in [0.5, 0.6) is 5.75 Å². The number of oxime groups is 1. The van der Waals surface area contributed by atoms with Crippen molar-refractivity contribution < 1.29 is 4.84 Å². The van der Waals surface area contributed by atoms with Crippen LogP contribution in [0.2, 0.25) is 0 Å². The molecule has 3 nitrogen and oxygen atoms in total. The van der Waals surface area contributed by atoms with E-state index in [2.05, 4.69) is 11.7 Å². The highest BCUT2D eigenvalue weighted by Crippen LogP contribution is 2.07. The molecule has 12 heavy (non-hydrogen) atoms. The van der Waals surface area contributed by atoms with E-state index < -0.39 is 0 Å². The van der Waals surface area contributed by atoms with Crippen LogP contribution in [-0.2, 0) is 0 Å². The average Bonchev–Trinajstić information content (AvgIpc) is 2.16. The first kappa shape index (κ1) is 8.33. The Morgan fingerprint density at radius 3 is 2.67 bits per heavy atom. The second kappa shape index (κ2) is 4.18. The van der Waals surface area contributed by atoms with E-state index in [9.17, 15) is 0 Å². The van der Waals surface area contributed by atoms with E-state index in [1.54, 1.807) is 12.1 Å². The minimum atomic E-state index is 0.263. The van der Waals surface area contributed by atoms with Gasteiger partial charge in [0.25, 0.3) is 0 Å². The second-order valence-electron chi connectivity index (χ2n) is 2.12. The summed E-state index contributed by atoms with van der Waals surface area (Å²) in [7, 11) is 0. The van der Waals surface area contributed by atoms with Crippen molar-refractivity contribution in [3.05, 3.63) is 43.0 Å². The molecule has 0 fully saturated rings. The maximum absolute atomic E-state index is 5.33. The average molecular weight is 162 g/mol. The summed E-state index contributed by atoms with van der Waals surface area (Å²) in [6.45, 7) is 3.44. The summed E-state index contributed by atoms with van der Waals surface area (Å²) in [5.74, 6) is 0.918. The van der Waals surface area contributed by atoms with E-state index in [0.717, 1.165) is 0 Å². The van der Waals surface area contributed by atoms with Crippen LogP contribution in [-0.4, -0.2) is 5.84 Å². The van der Waals surface area contributed by atoms with Gasteiger partial charge in [0.05, 0.1) is 0 Å². The van der Waals surface area contributed by atoms with Crippen molar-refractivity contribution in [3.8, 4) is 5.75 Å². The Labute approximate surface area is 71.1 Å². The summed E-state index contributed by atoms with van der Waals surface area (Å²) in [6.07, 6.45) is 1.42. The number of nitrogens with zero attached hydrogens (tertiary/aromatic N) is 1. The maximum Gasteiger partial charge on any atom is 0.162 e. The Morgan fingerprint density at radius 2 is 2.08 bits per heavy atom. The normalized spacial score (nSPS) is 10.8. The maximum atomic E-state index is 5.33. The molecule has 0 saturated carbocycles. The molecule has 0 spiro atoms. The molecule has 0 aliphatic rings. The van der Waals surface area contributed by atoms with Crippen LogP contribution in [0, 0.1) is 0 Å². The molecule has 0 atom stereocenters. The Bertz CT molecular complexity index is 280. The zero-order valence-corrected chi connectivity index (χ0v) is 6.60. The quantitative estimate of drug-likeness (QED) is 0.416. The lowest BCUT2D eigenvalue weighted by molar-refractivity contribution is 0.341.